The Hall–Kier alpha value is -7.08. The lowest BCUT2D eigenvalue weighted by molar-refractivity contribution is 0.674. The Labute approximate surface area is 280 Å². The van der Waals surface area contributed by atoms with Crippen molar-refractivity contribution in [2.75, 3.05) is 0 Å². The summed E-state index contributed by atoms with van der Waals surface area (Å²) in [5.74, 6) is 0. The molecule has 0 saturated heterocycles. The van der Waals surface area contributed by atoms with E-state index in [0.717, 1.165) is 88.1 Å². The van der Waals surface area contributed by atoms with Gasteiger partial charge >= 0.3 is 0 Å². The predicted molar refractivity (Wildman–Crippen MR) is 197 cm³/mol. The maximum Gasteiger partial charge on any atom is 0.145 e. The molecule has 0 unspecified atom stereocenters. The highest BCUT2D eigenvalue weighted by Crippen LogP contribution is 2.45. The van der Waals surface area contributed by atoms with E-state index in [1.54, 1.807) is 0 Å². The smallest absolute Gasteiger partial charge is 0.145 e. The number of nitrogens with zero attached hydrogens (tertiary/aromatic N) is 4. The molecule has 0 fully saturated rings. The molecule has 0 amide bonds. The molecular weight excluding hydrogens is 601 g/mol. The van der Waals surface area contributed by atoms with Gasteiger partial charge in [0, 0.05) is 43.7 Å². The molecule has 3 heterocycles. The van der Waals surface area contributed by atoms with E-state index >= 15 is 0 Å². The van der Waals surface area contributed by atoms with Crippen molar-refractivity contribution in [2.45, 2.75) is 0 Å². The molecule has 0 N–H and O–H groups in total. The molecule has 7 aromatic carbocycles. The second-order valence-corrected chi connectivity index (χ2v) is 12.3. The highest BCUT2D eigenvalue weighted by atomic mass is 16.3. The standard InChI is InChI=1S/C44H24N4O/c45-25-27-20-21-32(40(24-27)48-36-17-6-4-13-30(36)31-14-5-7-18-37(31)48)33-15-9-16-34-35-22-23-39-42(44(35)49-43(33)34)41-28(26-46)10-8-19-38(41)47(39)29-11-2-1-3-12-29/h1-24H. The summed E-state index contributed by atoms with van der Waals surface area (Å²) in [4.78, 5) is 0. The van der Waals surface area contributed by atoms with Gasteiger partial charge in [-0.1, -0.05) is 84.9 Å². The molecule has 10 aromatic rings. The fraction of sp³-hybridized carbons (Fsp3) is 0. The number of nitriles is 2. The Balaban J connectivity index is 1.32. The van der Waals surface area contributed by atoms with Crippen molar-refractivity contribution in [3.8, 4) is 34.6 Å². The summed E-state index contributed by atoms with van der Waals surface area (Å²) in [6.07, 6.45) is 0. The summed E-state index contributed by atoms with van der Waals surface area (Å²) < 4.78 is 11.5. The van der Waals surface area contributed by atoms with Crippen LogP contribution in [0.1, 0.15) is 11.1 Å². The SMILES string of the molecule is N#Cc1ccc(-c2cccc3c2oc2c3ccc3c2c2c(C#N)cccc2n3-c2ccccc2)c(-n2c3ccccc3c3ccccc32)c1. The van der Waals surface area contributed by atoms with E-state index in [1.165, 1.54) is 0 Å². The predicted octanol–water partition coefficient (Wildman–Crippen LogP) is 11.2. The number of fused-ring (bicyclic) bond motifs is 10. The van der Waals surface area contributed by atoms with Crippen molar-refractivity contribution >= 4 is 65.6 Å². The quantitative estimate of drug-likeness (QED) is 0.196. The van der Waals surface area contributed by atoms with Crippen LogP contribution in [0.3, 0.4) is 0 Å². The lowest BCUT2D eigenvalue weighted by Gasteiger charge is -2.15. The zero-order chi connectivity index (χ0) is 32.6. The molecule has 10 rings (SSSR count). The van der Waals surface area contributed by atoms with Gasteiger partial charge in [0.05, 0.1) is 56.4 Å². The normalized spacial score (nSPS) is 11.6. The molecule has 3 aromatic heterocycles. The monoisotopic (exact) mass is 624 g/mol. The average molecular weight is 625 g/mol. The van der Waals surface area contributed by atoms with Gasteiger partial charge in [0.15, 0.2) is 0 Å². The first-order valence-electron chi connectivity index (χ1n) is 16.1. The number of benzene rings is 7. The third-order valence-electron chi connectivity index (χ3n) is 9.79. The first-order valence-corrected chi connectivity index (χ1v) is 16.1. The Morgan fingerprint density at radius 1 is 0.449 bits per heavy atom. The summed E-state index contributed by atoms with van der Waals surface area (Å²) in [6, 6.07) is 54.1. The van der Waals surface area contributed by atoms with Gasteiger partial charge in [-0.25, -0.2) is 0 Å². The zero-order valence-electron chi connectivity index (χ0n) is 26.1. The van der Waals surface area contributed by atoms with Crippen LogP contribution >= 0.6 is 0 Å². The molecule has 0 aliphatic carbocycles. The molecule has 0 bridgehead atoms. The van der Waals surface area contributed by atoms with Gasteiger partial charge < -0.3 is 13.6 Å². The van der Waals surface area contributed by atoms with Crippen LogP contribution in [0.5, 0.6) is 0 Å². The minimum Gasteiger partial charge on any atom is -0.455 e. The number of rotatable bonds is 3. The summed E-state index contributed by atoms with van der Waals surface area (Å²) in [6.45, 7) is 0. The number of para-hydroxylation sites is 4. The largest absolute Gasteiger partial charge is 0.455 e. The lowest BCUT2D eigenvalue weighted by atomic mass is 9.98. The van der Waals surface area contributed by atoms with Gasteiger partial charge in [0.25, 0.3) is 0 Å². The summed E-state index contributed by atoms with van der Waals surface area (Å²) in [5.41, 5.74) is 10.5. The van der Waals surface area contributed by atoms with Crippen molar-refractivity contribution in [1.82, 2.24) is 9.13 Å². The molecule has 0 spiro atoms. The van der Waals surface area contributed by atoms with Gasteiger partial charge in [-0.05, 0) is 60.7 Å². The Kier molecular flexibility index (Phi) is 5.64. The van der Waals surface area contributed by atoms with Gasteiger partial charge in [0.1, 0.15) is 11.2 Å². The number of furan rings is 1. The molecule has 0 saturated carbocycles. The minimum atomic E-state index is 0.580. The van der Waals surface area contributed by atoms with Crippen molar-refractivity contribution < 1.29 is 4.42 Å². The van der Waals surface area contributed by atoms with Crippen LogP contribution in [0.4, 0.5) is 0 Å². The highest BCUT2D eigenvalue weighted by Gasteiger charge is 2.23. The zero-order valence-corrected chi connectivity index (χ0v) is 26.1. The Bertz CT molecular complexity index is 3020. The van der Waals surface area contributed by atoms with E-state index in [4.69, 9.17) is 4.42 Å². The van der Waals surface area contributed by atoms with E-state index in [-0.39, 0.29) is 0 Å². The first-order chi connectivity index (χ1) is 24.2. The molecule has 49 heavy (non-hydrogen) atoms. The van der Waals surface area contributed by atoms with Gasteiger partial charge in [-0.3, -0.25) is 0 Å². The fourth-order valence-electron chi connectivity index (χ4n) is 7.75. The lowest BCUT2D eigenvalue weighted by Crippen LogP contribution is -1.98. The Morgan fingerprint density at radius 3 is 1.86 bits per heavy atom. The van der Waals surface area contributed by atoms with E-state index in [2.05, 4.69) is 118 Å². The van der Waals surface area contributed by atoms with Crippen LogP contribution in [0.25, 0.3) is 88.1 Å². The van der Waals surface area contributed by atoms with Gasteiger partial charge in [0.2, 0.25) is 0 Å². The molecule has 0 aliphatic heterocycles. The van der Waals surface area contributed by atoms with Crippen molar-refractivity contribution in [3.63, 3.8) is 0 Å². The number of hydrogen-bond donors (Lipinski definition) is 0. The van der Waals surface area contributed by atoms with Crippen LogP contribution in [0, 0.1) is 22.7 Å². The van der Waals surface area contributed by atoms with Crippen LogP contribution in [-0.4, -0.2) is 9.13 Å². The van der Waals surface area contributed by atoms with Crippen LogP contribution in [-0.2, 0) is 0 Å². The van der Waals surface area contributed by atoms with Crippen LogP contribution in [0.2, 0.25) is 0 Å². The summed E-state index contributed by atoms with van der Waals surface area (Å²) in [5, 5.41) is 26.4. The molecule has 5 heteroatoms. The molecule has 5 nitrogen and oxygen atoms in total. The van der Waals surface area contributed by atoms with E-state index < -0.39 is 0 Å². The van der Waals surface area contributed by atoms with Crippen molar-refractivity contribution in [3.05, 3.63) is 157 Å². The minimum absolute atomic E-state index is 0.580. The maximum atomic E-state index is 10.3. The van der Waals surface area contributed by atoms with Gasteiger partial charge in [-0.2, -0.15) is 10.5 Å². The fourth-order valence-corrected chi connectivity index (χ4v) is 7.75. The second kappa shape index (κ2) is 10.2. The van der Waals surface area contributed by atoms with E-state index in [1.807, 2.05) is 48.5 Å². The molecule has 0 aliphatic rings. The second-order valence-electron chi connectivity index (χ2n) is 12.3. The number of hydrogen-bond acceptors (Lipinski definition) is 3. The summed E-state index contributed by atoms with van der Waals surface area (Å²) >= 11 is 0. The highest BCUT2D eigenvalue weighted by molar-refractivity contribution is 6.26. The molecule has 226 valence electrons. The van der Waals surface area contributed by atoms with E-state index in [9.17, 15) is 10.5 Å². The topological polar surface area (TPSA) is 70.6 Å². The summed E-state index contributed by atoms with van der Waals surface area (Å²) in [7, 11) is 0. The van der Waals surface area contributed by atoms with Crippen molar-refractivity contribution in [1.29, 1.82) is 10.5 Å². The van der Waals surface area contributed by atoms with Crippen LogP contribution < -0.4 is 0 Å². The first kappa shape index (κ1) is 27.1. The molecule has 0 atom stereocenters. The average Bonchev–Trinajstić information content (AvgIpc) is 3.82. The maximum absolute atomic E-state index is 10.3. The molecular formula is C44H24N4O. The van der Waals surface area contributed by atoms with Crippen LogP contribution in [0.15, 0.2) is 150 Å². The Morgan fingerprint density at radius 2 is 1.10 bits per heavy atom. The van der Waals surface area contributed by atoms with Crippen molar-refractivity contribution in [2.24, 2.45) is 0 Å². The molecule has 0 radical (unpaired) electrons. The van der Waals surface area contributed by atoms with Gasteiger partial charge in [-0.15, -0.1) is 0 Å². The third-order valence-corrected chi connectivity index (χ3v) is 9.79. The third kappa shape index (κ3) is 3.73. The van der Waals surface area contributed by atoms with E-state index in [0.29, 0.717) is 11.1 Å². The number of aromatic nitrogens is 2.